The SMILES string of the molecule is Cc1ccc2c(c1)cc(-c1oncc1N)n2C. The molecule has 0 radical (unpaired) electrons. The van der Waals surface area contributed by atoms with Gasteiger partial charge in [-0.1, -0.05) is 16.8 Å². The third kappa shape index (κ3) is 1.41. The number of nitrogens with two attached hydrogens (primary N) is 1. The number of aromatic nitrogens is 2. The van der Waals surface area contributed by atoms with Crippen LogP contribution in [-0.4, -0.2) is 9.72 Å². The predicted octanol–water partition coefficient (Wildman–Crippen LogP) is 2.72. The van der Waals surface area contributed by atoms with Gasteiger partial charge in [0.05, 0.1) is 11.9 Å². The number of hydrogen-bond donors (Lipinski definition) is 1. The van der Waals surface area contributed by atoms with Crippen LogP contribution in [0.1, 0.15) is 5.56 Å². The molecule has 3 aromatic rings. The summed E-state index contributed by atoms with van der Waals surface area (Å²) in [6.45, 7) is 2.08. The van der Waals surface area contributed by atoms with Gasteiger partial charge in [0.25, 0.3) is 0 Å². The van der Waals surface area contributed by atoms with E-state index in [9.17, 15) is 0 Å². The number of nitrogen functional groups attached to an aromatic ring is 1. The molecule has 2 aromatic heterocycles. The van der Waals surface area contributed by atoms with Gasteiger partial charge in [0.2, 0.25) is 5.76 Å². The summed E-state index contributed by atoms with van der Waals surface area (Å²) in [5.74, 6) is 0.626. The normalized spacial score (nSPS) is 11.2. The van der Waals surface area contributed by atoms with Gasteiger partial charge in [0.1, 0.15) is 5.69 Å². The monoisotopic (exact) mass is 227 g/mol. The molecule has 2 heterocycles. The Balaban J connectivity index is 2.31. The number of hydrogen-bond acceptors (Lipinski definition) is 3. The lowest BCUT2D eigenvalue weighted by atomic mass is 10.2. The molecule has 3 rings (SSSR count). The van der Waals surface area contributed by atoms with Gasteiger partial charge in [-0.15, -0.1) is 0 Å². The van der Waals surface area contributed by atoms with Crippen LogP contribution in [0.25, 0.3) is 22.4 Å². The maximum absolute atomic E-state index is 5.82. The molecule has 4 heteroatoms. The molecular weight excluding hydrogens is 214 g/mol. The van der Waals surface area contributed by atoms with Crippen LogP contribution in [0.15, 0.2) is 35.0 Å². The third-order valence-electron chi connectivity index (χ3n) is 3.03. The van der Waals surface area contributed by atoms with Crippen molar-refractivity contribution in [3.8, 4) is 11.5 Å². The predicted molar refractivity (Wildman–Crippen MR) is 67.6 cm³/mol. The Bertz CT molecular complexity index is 694. The maximum Gasteiger partial charge on any atom is 0.206 e. The van der Waals surface area contributed by atoms with Gasteiger partial charge in [-0.2, -0.15) is 0 Å². The zero-order valence-corrected chi connectivity index (χ0v) is 9.77. The van der Waals surface area contributed by atoms with Crippen LogP contribution in [0.2, 0.25) is 0 Å². The van der Waals surface area contributed by atoms with Crippen LogP contribution < -0.4 is 5.73 Å². The van der Waals surface area contributed by atoms with Gasteiger partial charge in [-0.25, -0.2) is 0 Å². The van der Waals surface area contributed by atoms with Crippen molar-refractivity contribution in [2.24, 2.45) is 7.05 Å². The van der Waals surface area contributed by atoms with Crippen LogP contribution in [0.4, 0.5) is 5.69 Å². The van der Waals surface area contributed by atoms with E-state index in [0.29, 0.717) is 11.4 Å². The summed E-state index contributed by atoms with van der Waals surface area (Å²) in [5.41, 5.74) is 9.72. The molecule has 4 nitrogen and oxygen atoms in total. The molecular formula is C13H13N3O. The Hall–Kier alpha value is -2.23. The molecule has 0 amide bonds. The van der Waals surface area contributed by atoms with E-state index in [0.717, 1.165) is 11.2 Å². The molecule has 0 aliphatic carbocycles. The zero-order chi connectivity index (χ0) is 12.0. The minimum Gasteiger partial charge on any atom is -0.394 e. The van der Waals surface area contributed by atoms with Gasteiger partial charge in [-0.05, 0) is 25.1 Å². The van der Waals surface area contributed by atoms with Crippen molar-refractivity contribution in [1.82, 2.24) is 9.72 Å². The lowest BCUT2D eigenvalue weighted by Crippen LogP contribution is -1.92. The number of fused-ring (bicyclic) bond motifs is 1. The van der Waals surface area contributed by atoms with Gasteiger partial charge in [0.15, 0.2) is 0 Å². The fraction of sp³-hybridized carbons (Fsp3) is 0.154. The molecule has 1 aromatic carbocycles. The molecule has 86 valence electrons. The molecule has 0 fully saturated rings. The molecule has 0 bridgehead atoms. The molecule has 0 atom stereocenters. The van der Waals surface area contributed by atoms with Crippen LogP contribution in [0, 0.1) is 6.92 Å². The highest BCUT2D eigenvalue weighted by molar-refractivity contribution is 5.88. The van der Waals surface area contributed by atoms with Crippen LogP contribution in [-0.2, 0) is 7.05 Å². The van der Waals surface area contributed by atoms with Crippen molar-refractivity contribution in [3.63, 3.8) is 0 Å². The van der Waals surface area contributed by atoms with Gasteiger partial charge < -0.3 is 14.8 Å². The molecule has 0 spiro atoms. The van der Waals surface area contributed by atoms with Crippen molar-refractivity contribution < 1.29 is 4.52 Å². The molecule has 0 aliphatic rings. The highest BCUT2D eigenvalue weighted by Gasteiger charge is 2.14. The topological polar surface area (TPSA) is 57.0 Å². The fourth-order valence-corrected chi connectivity index (χ4v) is 2.13. The first kappa shape index (κ1) is 9.96. The van der Waals surface area contributed by atoms with Crippen molar-refractivity contribution in [2.75, 3.05) is 5.73 Å². The highest BCUT2D eigenvalue weighted by Crippen LogP contribution is 2.30. The Morgan fingerprint density at radius 3 is 2.82 bits per heavy atom. The number of nitrogens with zero attached hydrogens (tertiary/aromatic N) is 2. The molecule has 17 heavy (non-hydrogen) atoms. The van der Waals surface area contributed by atoms with Crippen LogP contribution in [0.5, 0.6) is 0 Å². The smallest absolute Gasteiger partial charge is 0.206 e. The second kappa shape index (κ2) is 3.38. The number of anilines is 1. The average Bonchev–Trinajstić information content (AvgIpc) is 2.83. The third-order valence-corrected chi connectivity index (χ3v) is 3.03. The van der Waals surface area contributed by atoms with Crippen LogP contribution in [0.3, 0.4) is 0 Å². The fourth-order valence-electron chi connectivity index (χ4n) is 2.13. The second-order valence-electron chi connectivity index (χ2n) is 4.26. The molecule has 2 N–H and O–H groups in total. The molecule has 0 saturated carbocycles. The highest BCUT2D eigenvalue weighted by atomic mass is 16.5. The number of benzene rings is 1. The Morgan fingerprint density at radius 2 is 2.12 bits per heavy atom. The van der Waals surface area contributed by atoms with Crippen LogP contribution >= 0.6 is 0 Å². The zero-order valence-electron chi connectivity index (χ0n) is 9.77. The minimum absolute atomic E-state index is 0.563. The van der Waals surface area contributed by atoms with E-state index < -0.39 is 0 Å². The summed E-state index contributed by atoms with van der Waals surface area (Å²) < 4.78 is 7.26. The molecule has 0 saturated heterocycles. The summed E-state index contributed by atoms with van der Waals surface area (Å²) in [5, 5.41) is 4.89. The summed E-state index contributed by atoms with van der Waals surface area (Å²) >= 11 is 0. The van der Waals surface area contributed by atoms with Crippen molar-refractivity contribution in [2.45, 2.75) is 6.92 Å². The van der Waals surface area contributed by atoms with E-state index in [2.05, 4.69) is 40.9 Å². The van der Waals surface area contributed by atoms with Gasteiger partial charge >= 0.3 is 0 Å². The first-order chi connectivity index (χ1) is 8.16. The van der Waals surface area contributed by atoms with E-state index in [-0.39, 0.29) is 0 Å². The summed E-state index contributed by atoms with van der Waals surface area (Å²) in [4.78, 5) is 0. The summed E-state index contributed by atoms with van der Waals surface area (Å²) in [6, 6.07) is 8.40. The first-order valence-corrected chi connectivity index (χ1v) is 5.43. The number of aryl methyl sites for hydroxylation is 2. The minimum atomic E-state index is 0.563. The van der Waals surface area contributed by atoms with E-state index in [1.54, 1.807) is 0 Å². The Morgan fingerprint density at radius 1 is 1.29 bits per heavy atom. The second-order valence-corrected chi connectivity index (χ2v) is 4.26. The first-order valence-electron chi connectivity index (χ1n) is 5.43. The van der Waals surface area contributed by atoms with Crippen molar-refractivity contribution in [1.29, 1.82) is 0 Å². The maximum atomic E-state index is 5.82. The van der Waals surface area contributed by atoms with Gasteiger partial charge in [0, 0.05) is 18.0 Å². The van der Waals surface area contributed by atoms with E-state index in [1.807, 2.05) is 7.05 Å². The Labute approximate surface area is 98.6 Å². The standard InChI is InChI=1S/C13H13N3O/c1-8-3-4-11-9(5-8)6-12(16(11)2)13-10(14)7-15-17-13/h3-7H,14H2,1-2H3. The summed E-state index contributed by atoms with van der Waals surface area (Å²) in [7, 11) is 2.00. The lowest BCUT2D eigenvalue weighted by molar-refractivity contribution is 0.430. The van der Waals surface area contributed by atoms with Crippen molar-refractivity contribution >= 4 is 16.6 Å². The number of rotatable bonds is 1. The van der Waals surface area contributed by atoms with E-state index in [4.69, 9.17) is 10.3 Å². The average molecular weight is 227 g/mol. The van der Waals surface area contributed by atoms with E-state index in [1.165, 1.54) is 17.1 Å². The largest absolute Gasteiger partial charge is 0.394 e. The lowest BCUT2D eigenvalue weighted by Gasteiger charge is -2.01. The van der Waals surface area contributed by atoms with E-state index >= 15 is 0 Å². The summed E-state index contributed by atoms with van der Waals surface area (Å²) in [6.07, 6.45) is 1.53. The Kier molecular flexibility index (Phi) is 1.98. The quantitative estimate of drug-likeness (QED) is 0.695. The molecule has 0 unspecified atom stereocenters. The molecule has 0 aliphatic heterocycles. The van der Waals surface area contributed by atoms with Gasteiger partial charge in [-0.3, -0.25) is 0 Å². The van der Waals surface area contributed by atoms with Crippen molar-refractivity contribution in [3.05, 3.63) is 36.0 Å².